The molecule has 1 fully saturated rings. The first-order valence-electron chi connectivity index (χ1n) is 9.06. The van der Waals surface area contributed by atoms with Gasteiger partial charge in [-0.3, -0.25) is 14.6 Å². The van der Waals surface area contributed by atoms with E-state index >= 15 is 0 Å². The zero-order valence-electron chi connectivity index (χ0n) is 15.7. The Balaban J connectivity index is 1.59. The number of thiophene rings is 1. The van der Waals surface area contributed by atoms with Gasteiger partial charge >= 0.3 is 6.18 Å². The molecule has 1 aliphatic rings. The highest BCUT2D eigenvalue weighted by atomic mass is 32.1. The number of nitrogens with zero attached hydrogens (tertiary/aromatic N) is 4. The van der Waals surface area contributed by atoms with Crippen LogP contribution in [0.3, 0.4) is 0 Å². The third-order valence-corrected chi connectivity index (χ3v) is 6.14. The van der Waals surface area contributed by atoms with Gasteiger partial charge in [-0.1, -0.05) is 0 Å². The van der Waals surface area contributed by atoms with Crippen molar-refractivity contribution >= 4 is 27.5 Å². The number of hydrogen-bond donors (Lipinski definition) is 1. The van der Waals surface area contributed by atoms with Gasteiger partial charge in [0, 0.05) is 18.0 Å². The Hall–Kier alpha value is -2.69. The molecule has 4 rings (SSSR count). The molecule has 0 atom stereocenters. The minimum Gasteiger partial charge on any atom is -0.339 e. The predicted molar refractivity (Wildman–Crippen MR) is 102 cm³/mol. The van der Waals surface area contributed by atoms with Crippen molar-refractivity contribution in [3.05, 3.63) is 38.8 Å². The number of carbonyl (C=O) groups is 1. The van der Waals surface area contributed by atoms with Crippen molar-refractivity contribution in [3.8, 4) is 5.95 Å². The van der Waals surface area contributed by atoms with Gasteiger partial charge in [0.1, 0.15) is 4.83 Å². The van der Waals surface area contributed by atoms with E-state index < -0.39 is 12.1 Å². The number of halogens is 3. The number of likely N-dealkylation sites (tertiary alicyclic amines) is 1. The maximum atomic E-state index is 12.8. The van der Waals surface area contributed by atoms with Crippen LogP contribution in [0.4, 0.5) is 13.2 Å². The molecule has 1 aliphatic heterocycles. The van der Waals surface area contributed by atoms with Gasteiger partial charge in [0.05, 0.1) is 28.8 Å². The normalized spacial score (nSPS) is 16.0. The maximum absolute atomic E-state index is 12.8. The van der Waals surface area contributed by atoms with Crippen LogP contribution in [-0.4, -0.2) is 49.8 Å². The Morgan fingerprint density at radius 1 is 1.28 bits per heavy atom. The Bertz CT molecular complexity index is 1140. The predicted octanol–water partition coefficient (Wildman–Crippen LogP) is 3.20. The molecule has 11 heteroatoms. The first-order valence-corrected chi connectivity index (χ1v) is 9.88. The van der Waals surface area contributed by atoms with Gasteiger partial charge in [0.15, 0.2) is 0 Å². The molecule has 1 amide bonds. The third-order valence-electron chi connectivity index (χ3n) is 5.20. The quantitative estimate of drug-likeness (QED) is 0.684. The van der Waals surface area contributed by atoms with E-state index in [0.717, 1.165) is 4.88 Å². The maximum Gasteiger partial charge on any atom is 0.391 e. The number of carbonyl (C=O) groups excluding carboxylic acids is 1. The molecule has 4 heterocycles. The molecular weight excluding hydrogens is 407 g/mol. The van der Waals surface area contributed by atoms with Gasteiger partial charge in [0.2, 0.25) is 5.95 Å². The number of fused-ring (bicyclic) bond motifs is 1. The summed E-state index contributed by atoms with van der Waals surface area (Å²) in [6.07, 6.45) is -3.08. The first-order chi connectivity index (χ1) is 13.6. The fourth-order valence-electron chi connectivity index (χ4n) is 3.55. The standard InChI is InChI=1S/C18H18F3N5O2S/c1-9-7-12-14(27)23-17(24-15(12)29-9)26-10(2)13(8-22-26)16(28)25-5-3-11(4-6-25)18(19,20)21/h7-8,11H,3-6H2,1-2H3,(H,23,24,27). The number of aromatic nitrogens is 4. The largest absolute Gasteiger partial charge is 0.391 e. The fraction of sp³-hybridized carbons (Fsp3) is 0.444. The smallest absolute Gasteiger partial charge is 0.339 e. The number of piperidine rings is 1. The summed E-state index contributed by atoms with van der Waals surface area (Å²) in [6.45, 7) is 3.63. The molecule has 0 bridgehead atoms. The summed E-state index contributed by atoms with van der Waals surface area (Å²) in [5.41, 5.74) is 0.440. The Morgan fingerprint density at radius 2 is 1.97 bits per heavy atom. The van der Waals surface area contributed by atoms with Gasteiger partial charge in [0.25, 0.3) is 11.5 Å². The highest BCUT2D eigenvalue weighted by Gasteiger charge is 2.42. The van der Waals surface area contributed by atoms with E-state index in [0.29, 0.717) is 15.9 Å². The van der Waals surface area contributed by atoms with Crippen LogP contribution >= 0.6 is 11.3 Å². The highest BCUT2D eigenvalue weighted by Crippen LogP contribution is 2.34. The van der Waals surface area contributed by atoms with Crippen LogP contribution in [0.5, 0.6) is 0 Å². The molecule has 0 aliphatic carbocycles. The van der Waals surface area contributed by atoms with Crippen LogP contribution in [0.2, 0.25) is 0 Å². The lowest BCUT2D eigenvalue weighted by Gasteiger charge is -2.32. The van der Waals surface area contributed by atoms with Gasteiger partial charge in [-0.2, -0.15) is 18.3 Å². The van der Waals surface area contributed by atoms with Gasteiger partial charge in [-0.05, 0) is 32.8 Å². The summed E-state index contributed by atoms with van der Waals surface area (Å²) >= 11 is 1.38. The average molecular weight is 425 g/mol. The van der Waals surface area contributed by atoms with Crippen LogP contribution in [0.1, 0.15) is 33.8 Å². The second-order valence-corrected chi connectivity index (χ2v) is 8.36. The first kappa shape index (κ1) is 19.6. The third kappa shape index (κ3) is 3.54. The molecule has 154 valence electrons. The van der Waals surface area contributed by atoms with Crippen molar-refractivity contribution in [2.24, 2.45) is 5.92 Å². The number of hydrogen-bond acceptors (Lipinski definition) is 5. The molecule has 7 nitrogen and oxygen atoms in total. The number of amides is 1. The monoisotopic (exact) mass is 425 g/mol. The van der Waals surface area contributed by atoms with E-state index in [2.05, 4.69) is 15.1 Å². The zero-order valence-corrected chi connectivity index (χ0v) is 16.5. The lowest BCUT2D eigenvalue weighted by Crippen LogP contribution is -2.42. The van der Waals surface area contributed by atoms with Crippen molar-refractivity contribution < 1.29 is 18.0 Å². The molecule has 3 aromatic rings. The van der Waals surface area contributed by atoms with Crippen LogP contribution in [0.25, 0.3) is 16.2 Å². The van der Waals surface area contributed by atoms with Crippen LogP contribution in [-0.2, 0) is 0 Å². The van der Waals surface area contributed by atoms with E-state index in [1.54, 1.807) is 13.0 Å². The lowest BCUT2D eigenvalue weighted by atomic mass is 9.96. The number of aromatic amines is 1. The summed E-state index contributed by atoms with van der Waals surface area (Å²) in [7, 11) is 0. The molecule has 0 saturated carbocycles. The highest BCUT2D eigenvalue weighted by molar-refractivity contribution is 7.18. The number of alkyl halides is 3. The molecule has 0 spiro atoms. The summed E-state index contributed by atoms with van der Waals surface area (Å²) in [5.74, 6) is -1.55. The van der Waals surface area contributed by atoms with Crippen LogP contribution in [0, 0.1) is 19.8 Å². The lowest BCUT2D eigenvalue weighted by molar-refractivity contribution is -0.183. The van der Waals surface area contributed by atoms with Gasteiger partial charge < -0.3 is 4.90 Å². The van der Waals surface area contributed by atoms with E-state index in [1.807, 2.05) is 6.92 Å². The van der Waals surface area contributed by atoms with E-state index in [9.17, 15) is 22.8 Å². The fourth-order valence-corrected chi connectivity index (χ4v) is 4.43. The van der Waals surface area contributed by atoms with Crippen LogP contribution in [0.15, 0.2) is 17.1 Å². The van der Waals surface area contributed by atoms with E-state index in [-0.39, 0.29) is 48.9 Å². The summed E-state index contributed by atoms with van der Waals surface area (Å²) in [6, 6.07) is 1.76. The summed E-state index contributed by atoms with van der Waals surface area (Å²) in [4.78, 5) is 35.1. The summed E-state index contributed by atoms with van der Waals surface area (Å²) in [5, 5.41) is 4.66. The van der Waals surface area contributed by atoms with Crippen molar-refractivity contribution in [2.75, 3.05) is 13.1 Å². The Kier molecular flexibility index (Phi) is 4.72. The van der Waals surface area contributed by atoms with Crippen molar-refractivity contribution in [2.45, 2.75) is 32.9 Å². The second-order valence-electron chi connectivity index (χ2n) is 7.13. The number of H-pyrrole nitrogens is 1. The van der Waals surface area contributed by atoms with E-state index in [4.69, 9.17) is 0 Å². The van der Waals surface area contributed by atoms with Gasteiger partial charge in [-0.25, -0.2) is 9.67 Å². The summed E-state index contributed by atoms with van der Waals surface area (Å²) < 4.78 is 39.9. The average Bonchev–Trinajstić information content (AvgIpc) is 3.23. The minimum atomic E-state index is -4.23. The second kappa shape index (κ2) is 6.97. The molecule has 3 aromatic heterocycles. The molecule has 1 N–H and O–H groups in total. The topological polar surface area (TPSA) is 83.9 Å². The molecule has 1 saturated heterocycles. The molecule has 29 heavy (non-hydrogen) atoms. The Labute approximate surface area is 167 Å². The molecule has 0 radical (unpaired) electrons. The molecule has 0 unspecified atom stereocenters. The Morgan fingerprint density at radius 3 is 2.62 bits per heavy atom. The minimum absolute atomic E-state index is 0.0448. The van der Waals surface area contributed by atoms with Crippen molar-refractivity contribution in [1.29, 1.82) is 0 Å². The van der Waals surface area contributed by atoms with Crippen molar-refractivity contribution in [1.82, 2.24) is 24.6 Å². The number of rotatable bonds is 2. The zero-order chi connectivity index (χ0) is 20.9. The SMILES string of the molecule is Cc1cc2c(=O)[nH]c(-n3ncc(C(=O)N4CCC(C(F)(F)F)CC4)c3C)nc2s1. The van der Waals surface area contributed by atoms with E-state index in [1.165, 1.54) is 27.1 Å². The molecular formula is C18H18F3N5O2S. The van der Waals surface area contributed by atoms with Crippen molar-refractivity contribution in [3.63, 3.8) is 0 Å². The number of nitrogens with one attached hydrogen (secondary N) is 1. The van der Waals surface area contributed by atoms with Gasteiger partial charge in [-0.15, -0.1) is 11.3 Å². The number of aryl methyl sites for hydroxylation is 1. The van der Waals surface area contributed by atoms with Crippen LogP contribution < -0.4 is 5.56 Å². The molecule has 0 aromatic carbocycles.